The van der Waals surface area contributed by atoms with Gasteiger partial charge in [0.1, 0.15) is 10.7 Å². The first-order valence-electron chi connectivity index (χ1n) is 6.32. The second-order valence-electron chi connectivity index (χ2n) is 4.61. The molecule has 0 saturated carbocycles. The molecule has 20 heavy (non-hydrogen) atoms. The summed E-state index contributed by atoms with van der Waals surface area (Å²) >= 11 is 5.89. The van der Waals surface area contributed by atoms with Crippen molar-refractivity contribution in [3.8, 4) is 0 Å². The number of benzene rings is 2. The van der Waals surface area contributed by atoms with E-state index < -0.39 is 5.82 Å². The number of anilines is 4. The third kappa shape index (κ3) is 2.51. The smallest absolute Gasteiger partial charge is 0.169 e. The Hall–Kier alpha value is -1.94. The van der Waals surface area contributed by atoms with Crippen LogP contribution < -0.4 is 16.4 Å². The monoisotopic (exact) mass is 293 g/mol. The van der Waals surface area contributed by atoms with E-state index in [4.69, 9.17) is 23.1 Å². The van der Waals surface area contributed by atoms with Crippen molar-refractivity contribution >= 4 is 34.4 Å². The third-order valence-electron chi connectivity index (χ3n) is 3.17. The Kier molecular flexibility index (Phi) is 4.04. The molecule has 0 aromatic heterocycles. The second-order valence-corrected chi connectivity index (χ2v) is 4.99. The average molecular weight is 294 g/mol. The molecule has 0 spiro atoms. The van der Waals surface area contributed by atoms with Gasteiger partial charge >= 0.3 is 0 Å². The third-order valence-corrected chi connectivity index (χ3v) is 3.55. The van der Waals surface area contributed by atoms with E-state index in [9.17, 15) is 4.39 Å². The summed E-state index contributed by atoms with van der Waals surface area (Å²) in [6.45, 7) is 4.47. The maximum absolute atomic E-state index is 14.4. The highest BCUT2D eigenvalue weighted by Crippen LogP contribution is 2.39. The normalized spacial score (nSPS) is 10.6. The van der Waals surface area contributed by atoms with Gasteiger partial charge in [0.05, 0.1) is 11.4 Å². The minimum Gasteiger partial charge on any atom is -0.397 e. The summed E-state index contributed by atoms with van der Waals surface area (Å²) in [5.41, 5.74) is 14.2. The lowest BCUT2D eigenvalue weighted by Gasteiger charge is -2.26. The largest absolute Gasteiger partial charge is 0.397 e. The minimum absolute atomic E-state index is 0.0974. The van der Waals surface area contributed by atoms with E-state index in [1.807, 2.05) is 38.1 Å². The number of halogens is 2. The van der Waals surface area contributed by atoms with Crippen molar-refractivity contribution in [1.29, 1.82) is 0 Å². The molecule has 0 amide bonds. The van der Waals surface area contributed by atoms with Gasteiger partial charge in [-0.15, -0.1) is 0 Å². The first kappa shape index (κ1) is 14.5. The van der Waals surface area contributed by atoms with Crippen LogP contribution in [0.4, 0.5) is 27.1 Å². The van der Waals surface area contributed by atoms with Gasteiger partial charge in [-0.25, -0.2) is 4.39 Å². The summed E-state index contributed by atoms with van der Waals surface area (Å²) in [5, 5.41) is -0.0974. The number of nitrogens with two attached hydrogens (primary N) is 2. The lowest BCUT2D eigenvalue weighted by Crippen LogP contribution is -2.19. The van der Waals surface area contributed by atoms with Crippen LogP contribution in [0.25, 0.3) is 0 Å². The summed E-state index contributed by atoms with van der Waals surface area (Å²) in [5.74, 6) is -0.591. The van der Waals surface area contributed by atoms with Gasteiger partial charge in [-0.2, -0.15) is 0 Å². The summed E-state index contributed by atoms with van der Waals surface area (Å²) in [7, 11) is 0. The first-order chi connectivity index (χ1) is 9.45. The minimum atomic E-state index is -0.591. The average Bonchev–Trinajstić information content (AvgIpc) is 2.42. The Bertz CT molecular complexity index is 626. The number of rotatable bonds is 3. The van der Waals surface area contributed by atoms with Crippen molar-refractivity contribution in [2.45, 2.75) is 13.8 Å². The predicted octanol–water partition coefficient (Wildman–Crippen LogP) is 4.11. The number of hydrogen-bond donors (Lipinski definition) is 2. The molecule has 0 fully saturated rings. The van der Waals surface area contributed by atoms with Crippen LogP contribution in [0.2, 0.25) is 5.02 Å². The van der Waals surface area contributed by atoms with E-state index in [1.165, 1.54) is 6.07 Å². The van der Waals surface area contributed by atoms with Crippen LogP contribution in [0.5, 0.6) is 0 Å². The quantitative estimate of drug-likeness (QED) is 0.837. The fourth-order valence-electron chi connectivity index (χ4n) is 2.13. The van der Waals surface area contributed by atoms with Gasteiger partial charge in [-0.3, -0.25) is 0 Å². The molecule has 106 valence electrons. The van der Waals surface area contributed by atoms with Gasteiger partial charge in [0.25, 0.3) is 0 Å². The molecule has 2 rings (SSSR count). The summed E-state index contributed by atoms with van der Waals surface area (Å²) in [6, 6.07) is 9.25. The molecule has 2 aromatic carbocycles. The van der Waals surface area contributed by atoms with Crippen LogP contribution in [0, 0.1) is 12.7 Å². The molecule has 0 saturated heterocycles. The van der Waals surface area contributed by atoms with Crippen LogP contribution in [0.15, 0.2) is 30.3 Å². The SMILES string of the molecule is CCN(c1ccc(C)cc1)c1c(N)cc(N)c(Cl)c1F. The Balaban J connectivity index is 2.58. The summed E-state index contributed by atoms with van der Waals surface area (Å²) in [6.07, 6.45) is 0. The molecule has 0 unspecified atom stereocenters. The zero-order valence-electron chi connectivity index (χ0n) is 11.5. The van der Waals surface area contributed by atoms with Crippen molar-refractivity contribution in [2.75, 3.05) is 22.9 Å². The molecule has 0 radical (unpaired) electrons. The fourth-order valence-corrected chi connectivity index (χ4v) is 2.27. The second kappa shape index (κ2) is 5.59. The standard InChI is InChI=1S/C15H17ClFN3/c1-3-20(10-6-4-9(2)5-7-10)15-12(19)8-11(18)13(16)14(15)17/h4-8H,3,18-19H2,1-2H3. The van der Waals surface area contributed by atoms with Crippen LogP contribution in [-0.2, 0) is 0 Å². The molecule has 2 aromatic rings. The van der Waals surface area contributed by atoms with E-state index in [0.29, 0.717) is 6.54 Å². The molecule has 0 aliphatic carbocycles. The van der Waals surface area contributed by atoms with Crippen molar-refractivity contribution in [2.24, 2.45) is 0 Å². The summed E-state index contributed by atoms with van der Waals surface area (Å²) < 4.78 is 14.4. The van der Waals surface area contributed by atoms with Gasteiger partial charge < -0.3 is 16.4 Å². The van der Waals surface area contributed by atoms with Crippen molar-refractivity contribution in [3.05, 3.63) is 46.7 Å². The highest BCUT2D eigenvalue weighted by molar-refractivity contribution is 6.33. The highest BCUT2D eigenvalue weighted by atomic mass is 35.5. The molecule has 4 N–H and O–H groups in total. The molecule has 3 nitrogen and oxygen atoms in total. The molecule has 5 heteroatoms. The van der Waals surface area contributed by atoms with E-state index in [0.717, 1.165) is 11.3 Å². The van der Waals surface area contributed by atoms with Crippen molar-refractivity contribution < 1.29 is 4.39 Å². The molecular formula is C15H17ClFN3. The number of nitrogens with zero attached hydrogens (tertiary/aromatic N) is 1. The Labute approximate surface area is 122 Å². The first-order valence-corrected chi connectivity index (χ1v) is 6.70. The molecule has 0 bridgehead atoms. The molecule has 0 aliphatic rings. The predicted molar refractivity (Wildman–Crippen MR) is 84.1 cm³/mol. The Morgan fingerprint density at radius 1 is 1.15 bits per heavy atom. The van der Waals surface area contributed by atoms with Gasteiger partial charge in [0.2, 0.25) is 0 Å². The number of nitrogen functional groups attached to an aromatic ring is 2. The lowest BCUT2D eigenvalue weighted by molar-refractivity contribution is 0.627. The van der Waals surface area contributed by atoms with Crippen LogP contribution in [0.1, 0.15) is 12.5 Å². The highest BCUT2D eigenvalue weighted by Gasteiger charge is 2.20. The van der Waals surface area contributed by atoms with Crippen LogP contribution >= 0.6 is 11.6 Å². The molecule has 0 atom stereocenters. The summed E-state index contributed by atoms with van der Waals surface area (Å²) in [4.78, 5) is 1.77. The van der Waals surface area contributed by atoms with Crippen LogP contribution in [0.3, 0.4) is 0 Å². The molecule has 0 heterocycles. The fraction of sp³-hybridized carbons (Fsp3) is 0.200. The number of hydrogen-bond acceptors (Lipinski definition) is 3. The zero-order chi connectivity index (χ0) is 14.9. The van der Waals surface area contributed by atoms with Gasteiger partial charge in [-0.05, 0) is 32.0 Å². The molecule has 0 aliphatic heterocycles. The van der Waals surface area contributed by atoms with E-state index in [1.54, 1.807) is 4.90 Å². The van der Waals surface area contributed by atoms with Crippen molar-refractivity contribution in [1.82, 2.24) is 0 Å². The van der Waals surface area contributed by atoms with E-state index >= 15 is 0 Å². The number of aryl methyl sites for hydroxylation is 1. The van der Waals surface area contributed by atoms with Gasteiger partial charge in [-0.1, -0.05) is 29.3 Å². The van der Waals surface area contributed by atoms with Crippen molar-refractivity contribution in [3.63, 3.8) is 0 Å². The van der Waals surface area contributed by atoms with E-state index in [-0.39, 0.29) is 22.1 Å². The topological polar surface area (TPSA) is 55.3 Å². The molecular weight excluding hydrogens is 277 g/mol. The Morgan fingerprint density at radius 3 is 2.30 bits per heavy atom. The maximum Gasteiger partial charge on any atom is 0.169 e. The Morgan fingerprint density at radius 2 is 1.75 bits per heavy atom. The van der Waals surface area contributed by atoms with Gasteiger partial charge in [0, 0.05) is 12.2 Å². The van der Waals surface area contributed by atoms with Gasteiger partial charge in [0.15, 0.2) is 5.82 Å². The van der Waals surface area contributed by atoms with E-state index in [2.05, 4.69) is 0 Å². The van der Waals surface area contributed by atoms with Crippen LogP contribution in [-0.4, -0.2) is 6.54 Å². The zero-order valence-corrected chi connectivity index (χ0v) is 12.2. The maximum atomic E-state index is 14.4. The lowest BCUT2D eigenvalue weighted by atomic mass is 10.1.